The SMILES string of the molecule is CCOC(=O)[C@@H](OC[C@H]1O[C@@H](n2cnc3c(NC)nc(Cl)nc32)[C@H](O)[C@H]1O)P(=O)(O)O. The van der Waals surface area contributed by atoms with E-state index in [1.165, 1.54) is 17.8 Å². The molecule has 2 aromatic rings. The van der Waals surface area contributed by atoms with E-state index in [2.05, 4.69) is 25.0 Å². The first kappa shape index (κ1) is 23.8. The number of anilines is 1. The highest BCUT2D eigenvalue weighted by Crippen LogP contribution is 2.43. The second kappa shape index (κ2) is 9.30. The summed E-state index contributed by atoms with van der Waals surface area (Å²) in [6, 6.07) is 0. The molecule has 16 heteroatoms. The van der Waals surface area contributed by atoms with Gasteiger partial charge in [-0.2, -0.15) is 9.97 Å². The molecule has 0 spiro atoms. The number of carbonyl (C=O) groups is 1. The summed E-state index contributed by atoms with van der Waals surface area (Å²) >= 11 is 5.92. The molecule has 5 N–H and O–H groups in total. The zero-order valence-corrected chi connectivity index (χ0v) is 18.0. The predicted molar refractivity (Wildman–Crippen MR) is 104 cm³/mol. The Morgan fingerprint density at radius 3 is 2.71 bits per heavy atom. The Bertz CT molecular complexity index is 1000. The molecule has 0 bridgehead atoms. The quantitative estimate of drug-likeness (QED) is 0.179. The maximum Gasteiger partial charge on any atom is 0.365 e. The molecule has 1 aliphatic heterocycles. The number of ether oxygens (including phenoxy) is 3. The van der Waals surface area contributed by atoms with E-state index >= 15 is 0 Å². The van der Waals surface area contributed by atoms with E-state index in [1.54, 1.807) is 7.05 Å². The van der Waals surface area contributed by atoms with Gasteiger partial charge in [-0.1, -0.05) is 0 Å². The van der Waals surface area contributed by atoms with Crippen LogP contribution in [0.1, 0.15) is 13.2 Å². The van der Waals surface area contributed by atoms with E-state index in [0.29, 0.717) is 11.3 Å². The topological polar surface area (TPSA) is 198 Å². The van der Waals surface area contributed by atoms with Gasteiger partial charge in [-0.3, -0.25) is 9.13 Å². The van der Waals surface area contributed by atoms with Crippen LogP contribution in [0.2, 0.25) is 5.28 Å². The summed E-state index contributed by atoms with van der Waals surface area (Å²) in [4.78, 5) is 42.7. The Kier molecular flexibility index (Phi) is 7.13. The van der Waals surface area contributed by atoms with Crippen molar-refractivity contribution < 1.29 is 43.6 Å². The molecule has 3 heterocycles. The normalized spacial score (nSPS) is 25.0. The Balaban J connectivity index is 1.80. The van der Waals surface area contributed by atoms with Crippen LogP contribution in [0, 0.1) is 0 Å². The van der Waals surface area contributed by atoms with Crippen LogP contribution in [-0.4, -0.2) is 89.9 Å². The second-order valence-electron chi connectivity index (χ2n) is 6.49. The lowest BCUT2D eigenvalue weighted by atomic mass is 10.1. The molecule has 0 radical (unpaired) electrons. The van der Waals surface area contributed by atoms with Gasteiger partial charge in [0.25, 0.3) is 5.85 Å². The van der Waals surface area contributed by atoms with Crippen LogP contribution < -0.4 is 5.32 Å². The average molecular weight is 482 g/mol. The standard InChI is InChI=1S/C15H21ClN5O9P/c1-3-28-13(24)14(31(25,26)27)29-4-6-8(22)9(23)12(30-6)21-5-18-7-10(17-2)19-15(16)20-11(7)21/h5-6,8-9,12,14,22-23H,3-4H2,1-2H3,(H,17,19,20)(H2,25,26,27)/t6-,8+,9-,12-,14+/m1/s1. The first-order valence-corrected chi connectivity index (χ1v) is 11.1. The zero-order valence-electron chi connectivity index (χ0n) is 16.3. The minimum absolute atomic E-state index is 0.0922. The molecule has 172 valence electrons. The number of aliphatic hydroxyl groups is 2. The van der Waals surface area contributed by atoms with Crippen LogP contribution in [0.3, 0.4) is 0 Å². The third-order valence-electron chi connectivity index (χ3n) is 4.45. The molecule has 5 atom stereocenters. The number of carbonyl (C=O) groups excluding carboxylic acids is 1. The predicted octanol–water partition coefficient (Wildman–Crippen LogP) is -0.776. The van der Waals surface area contributed by atoms with Crippen LogP contribution in [0.25, 0.3) is 11.2 Å². The van der Waals surface area contributed by atoms with Crippen LogP contribution in [0.15, 0.2) is 6.33 Å². The molecule has 0 saturated carbocycles. The molecule has 0 aliphatic carbocycles. The number of hydrogen-bond donors (Lipinski definition) is 5. The van der Waals surface area contributed by atoms with Crippen LogP contribution in [-0.2, 0) is 23.6 Å². The molecular formula is C15H21ClN5O9P. The van der Waals surface area contributed by atoms with Crippen molar-refractivity contribution in [3.05, 3.63) is 11.6 Å². The number of hydrogen-bond acceptors (Lipinski definition) is 11. The zero-order chi connectivity index (χ0) is 22.9. The van der Waals surface area contributed by atoms with Gasteiger partial charge < -0.3 is 39.5 Å². The third-order valence-corrected chi connectivity index (χ3v) is 5.59. The maximum atomic E-state index is 11.8. The van der Waals surface area contributed by atoms with Crippen molar-refractivity contribution >= 4 is 42.1 Å². The monoisotopic (exact) mass is 481 g/mol. The van der Waals surface area contributed by atoms with E-state index in [4.69, 9.17) is 21.1 Å². The number of fused-ring (bicyclic) bond motifs is 1. The van der Waals surface area contributed by atoms with Gasteiger partial charge in [-0.05, 0) is 18.5 Å². The van der Waals surface area contributed by atoms with Gasteiger partial charge in [-0.25, -0.2) is 9.78 Å². The lowest BCUT2D eigenvalue weighted by Crippen LogP contribution is -2.36. The lowest BCUT2D eigenvalue weighted by Gasteiger charge is -2.20. The molecule has 3 rings (SSSR count). The van der Waals surface area contributed by atoms with E-state index in [-0.39, 0.29) is 17.5 Å². The van der Waals surface area contributed by atoms with Gasteiger partial charge >= 0.3 is 13.6 Å². The van der Waals surface area contributed by atoms with Crippen molar-refractivity contribution in [3.63, 3.8) is 0 Å². The highest BCUT2D eigenvalue weighted by Gasteiger charge is 2.46. The molecule has 1 aliphatic rings. The third kappa shape index (κ3) is 4.81. The van der Waals surface area contributed by atoms with E-state index in [0.717, 1.165) is 0 Å². The lowest BCUT2D eigenvalue weighted by molar-refractivity contribution is -0.155. The number of aromatic nitrogens is 4. The van der Waals surface area contributed by atoms with E-state index < -0.39 is 50.6 Å². The van der Waals surface area contributed by atoms with Crippen molar-refractivity contribution in [2.75, 3.05) is 25.6 Å². The molecule has 2 aromatic heterocycles. The maximum absolute atomic E-state index is 11.8. The molecule has 14 nitrogen and oxygen atoms in total. The average Bonchev–Trinajstić information content (AvgIpc) is 3.22. The van der Waals surface area contributed by atoms with Gasteiger partial charge in [0.1, 0.15) is 18.3 Å². The van der Waals surface area contributed by atoms with Gasteiger partial charge in [0, 0.05) is 7.05 Å². The highest BCUT2D eigenvalue weighted by molar-refractivity contribution is 7.53. The summed E-state index contributed by atoms with van der Waals surface area (Å²) in [5.41, 5.74) is 0.544. The van der Waals surface area contributed by atoms with Gasteiger partial charge in [-0.15, -0.1) is 0 Å². The Morgan fingerprint density at radius 1 is 1.39 bits per heavy atom. The van der Waals surface area contributed by atoms with Crippen molar-refractivity contribution in [3.8, 4) is 0 Å². The first-order chi connectivity index (χ1) is 14.6. The summed E-state index contributed by atoms with van der Waals surface area (Å²) < 4.78 is 28.1. The highest BCUT2D eigenvalue weighted by atomic mass is 35.5. The molecule has 1 fully saturated rings. The largest absolute Gasteiger partial charge is 0.464 e. The van der Waals surface area contributed by atoms with Crippen LogP contribution >= 0.6 is 19.2 Å². The van der Waals surface area contributed by atoms with Crippen molar-refractivity contribution in [1.29, 1.82) is 0 Å². The number of esters is 1. The number of imidazole rings is 1. The molecular weight excluding hydrogens is 461 g/mol. The minimum atomic E-state index is -5.01. The first-order valence-electron chi connectivity index (χ1n) is 9.01. The summed E-state index contributed by atoms with van der Waals surface area (Å²) in [7, 11) is -3.41. The fraction of sp³-hybridized carbons (Fsp3) is 0.600. The van der Waals surface area contributed by atoms with Crippen molar-refractivity contribution in [2.45, 2.75) is 37.3 Å². The van der Waals surface area contributed by atoms with Crippen molar-refractivity contribution in [2.24, 2.45) is 0 Å². The fourth-order valence-corrected chi connectivity index (χ4v) is 3.84. The van der Waals surface area contributed by atoms with Crippen LogP contribution in [0.4, 0.5) is 5.82 Å². The molecule has 0 unspecified atom stereocenters. The van der Waals surface area contributed by atoms with Crippen molar-refractivity contribution in [1.82, 2.24) is 19.5 Å². The molecule has 1 saturated heterocycles. The minimum Gasteiger partial charge on any atom is -0.464 e. The van der Waals surface area contributed by atoms with Gasteiger partial charge in [0.2, 0.25) is 5.28 Å². The van der Waals surface area contributed by atoms with Crippen LogP contribution in [0.5, 0.6) is 0 Å². The Morgan fingerprint density at radius 2 is 2.10 bits per heavy atom. The molecule has 0 aromatic carbocycles. The number of nitrogens with zero attached hydrogens (tertiary/aromatic N) is 4. The summed E-state index contributed by atoms with van der Waals surface area (Å²) in [5.74, 6) is -3.12. The number of nitrogens with one attached hydrogen (secondary N) is 1. The van der Waals surface area contributed by atoms with E-state index in [9.17, 15) is 29.4 Å². The van der Waals surface area contributed by atoms with Gasteiger partial charge in [0.15, 0.2) is 23.2 Å². The number of aliphatic hydroxyl groups excluding tert-OH is 2. The summed E-state index contributed by atoms with van der Waals surface area (Å²) in [6.45, 7) is 0.729. The summed E-state index contributed by atoms with van der Waals surface area (Å²) in [5, 5.41) is 23.5. The second-order valence-corrected chi connectivity index (χ2v) is 8.47. The Labute approximate surface area is 180 Å². The fourth-order valence-electron chi connectivity index (χ4n) is 3.05. The summed E-state index contributed by atoms with van der Waals surface area (Å²) in [6.07, 6.45) is -4.10. The van der Waals surface area contributed by atoms with E-state index in [1.807, 2.05) is 0 Å². The molecule has 31 heavy (non-hydrogen) atoms. The Hall–Kier alpha value is -1.90. The number of halogens is 1. The smallest absolute Gasteiger partial charge is 0.365 e. The molecule has 0 amide bonds. The number of rotatable bonds is 8. The van der Waals surface area contributed by atoms with Gasteiger partial charge in [0.05, 0.1) is 19.5 Å².